The zero-order chi connectivity index (χ0) is 18.4. The van der Waals surface area contributed by atoms with Crippen LogP contribution in [-0.2, 0) is 6.54 Å². The summed E-state index contributed by atoms with van der Waals surface area (Å²) in [4.78, 5) is 2.42. The van der Waals surface area contributed by atoms with Gasteiger partial charge in [-0.2, -0.15) is 0 Å². The minimum Gasteiger partial charge on any atom is -0.355 e. The van der Waals surface area contributed by atoms with Crippen molar-refractivity contribution in [1.82, 2.24) is 4.90 Å². The van der Waals surface area contributed by atoms with Crippen LogP contribution in [0.3, 0.4) is 0 Å². The number of rotatable bonds is 2. The molecule has 4 N–H and O–H groups in total. The maximum Gasteiger partial charge on any atom is 0.200 e. The lowest BCUT2D eigenvalue weighted by atomic mass is 9.83. The van der Waals surface area contributed by atoms with Crippen molar-refractivity contribution >= 4 is 16.5 Å². The molecule has 2 heterocycles. The van der Waals surface area contributed by atoms with Gasteiger partial charge in [0.25, 0.3) is 0 Å². The maximum atomic E-state index is 5.91. The summed E-state index contributed by atoms with van der Waals surface area (Å²) in [5.41, 5.74) is 12.6. The van der Waals surface area contributed by atoms with E-state index in [4.69, 9.17) is 5.73 Å². The molecule has 0 bridgehead atoms. The van der Waals surface area contributed by atoms with E-state index in [9.17, 15) is 0 Å². The molecule has 3 aromatic carbocycles. The Hall–Kier alpha value is -2.88. The first kappa shape index (κ1) is 16.3. The first-order valence-corrected chi connectivity index (χ1v) is 9.50. The van der Waals surface area contributed by atoms with E-state index in [1.54, 1.807) is 0 Å². The van der Waals surface area contributed by atoms with Crippen LogP contribution in [0.5, 0.6) is 0 Å². The average Bonchev–Trinajstić information content (AvgIpc) is 3.13. The first-order chi connectivity index (χ1) is 13.2. The monoisotopic (exact) mass is 354 g/mol. The van der Waals surface area contributed by atoms with Gasteiger partial charge in [-0.3, -0.25) is 5.32 Å². The van der Waals surface area contributed by atoms with Gasteiger partial charge in [0.1, 0.15) is 5.70 Å². The standard InChI is InChI=1S/C24H23N3/c1-27-14-20-13-19(23-10-11-24(25)26-23)8-9-21(20)22(15-27)18-7-6-16-4-2-3-5-17(16)12-18/h2-13,22,26H,14-15,25H2,1H3/p+1. The highest BCUT2D eigenvalue weighted by atomic mass is 15.1. The zero-order valence-electron chi connectivity index (χ0n) is 15.5. The van der Waals surface area contributed by atoms with Crippen molar-refractivity contribution in [3.63, 3.8) is 0 Å². The Morgan fingerprint density at radius 3 is 2.63 bits per heavy atom. The minimum atomic E-state index is 0.405. The van der Waals surface area contributed by atoms with Crippen molar-refractivity contribution in [2.24, 2.45) is 5.73 Å². The number of benzene rings is 3. The van der Waals surface area contributed by atoms with Gasteiger partial charge in [0.15, 0.2) is 0 Å². The summed E-state index contributed by atoms with van der Waals surface area (Å²) in [6.07, 6.45) is 4.07. The summed E-state index contributed by atoms with van der Waals surface area (Å²) in [5, 5.41) is 4.66. The van der Waals surface area contributed by atoms with E-state index in [1.807, 2.05) is 6.08 Å². The van der Waals surface area contributed by atoms with Crippen LogP contribution in [0.4, 0.5) is 0 Å². The molecule has 0 aliphatic carbocycles. The summed E-state index contributed by atoms with van der Waals surface area (Å²) in [6, 6.07) is 22.4. The molecule has 134 valence electrons. The fourth-order valence-corrected chi connectivity index (χ4v) is 4.38. The fraction of sp³-hybridized carbons (Fsp3) is 0.167. The van der Waals surface area contributed by atoms with Crippen molar-refractivity contribution < 1.29 is 5.32 Å². The SMILES string of the molecule is CN1Cc2cc(C3=CC=C(N)[NH2+]3)ccc2C(c2ccc3ccccc3c2)C1. The van der Waals surface area contributed by atoms with Gasteiger partial charge in [0.05, 0.1) is 0 Å². The number of quaternary nitrogens is 1. The highest BCUT2D eigenvalue weighted by Gasteiger charge is 2.26. The third kappa shape index (κ3) is 2.95. The Bertz CT molecular complexity index is 1090. The molecular formula is C24H24N3+. The smallest absolute Gasteiger partial charge is 0.200 e. The highest BCUT2D eigenvalue weighted by molar-refractivity contribution is 5.83. The van der Waals surface area contributed by atoms with Gasteiger partial charge in [-0.05, 0) is 46.6 Å². The number of allylic oxidation sites excluding steroid dienone is 2. The molecule has 0 aromatic heterocycles. The lowest BCUT2D eigenvalue weighted by Crippen LogP contribution is -2.79. The van der Waals surface area contributed by atoms with Crippen LogP contribution in [0.15, 0.2) is 78.6 Å². The molecule has 1 unspecified atom stereocenters. The fourth-order valence-electron chi connectivity index (χ4n) is 4.38. The molecule has 2 aliphatic heterocycles. The van der Waals surface area contributed by atoms with E-state index >= 15 is 0 Å². The quantitative estimate of drug-likeness (QED) is 0.743. The van der Waals surface area contributed by atoms with E-state index in [1.165, 1.54) is 38.7 Å². The van der Waals surface area contributed by atoms with Crippen molar-refractivity contribution in [3.05, 3.63) is 101 Å². The van der Waals surface area contributed by atoms with Gasteiger partial charge >= 0.3 is 0 Å². The van der Waals surface area contributed by atoms with E-state index < -0.39 is 0 Å². The van der Waals surface area contributed by atoms with Crippen LogP contribution >= 0.6 is 0 Å². The van der Waals surface area contributed by atoms with E-state index in [0.29, 0.717) is 5.92 Å². The summed E-state index contributed by atoms with van der Waals surface area (Å²) < 4.78 is 0. The van der Waals surface area contributed by atoms with Crippen molar-refractivity contribution in [3.8, 4) is 0 Å². The van der Waals surface area contributed by atoms with Crippen LogP contribution in [-0.4, -0.2) is 18.5 Å². The predicted octanol–water partition coefficient (Wildman–Crippen LogP) is 3.14. The molecule has 0 radical (unpaired) electrons. The van der Waals surface area contributed by atoms with Crippen LogP contribution in [0.25, 0.3) is 16.5 Å². The number of hydrogen-bond donors (Lipinski definition) is 2. The molecule has 27 heavy (non-hydrogen) atoms. The van der Waals surface area contributed by atoms with Gasteiger partial charge in [-0.25, -0.2) is 0 Å². The zero-order valence-corrected chi connectivity index (χ0v) is 15.5. The van der Waals surface area contributed by atoms with Crippen molar-refractivity contribution in [2.45, 2.75) is 12.5 Å². The van der Waals surface area contributed by atoms with Crippen LogP contribution in [0, 0.1) is 0 Å². The third-order valence-corrected chi connectivity index (χ3v) is 5.74. The summed E-state index contributed by atoms with van der Waals surface area (Å²) in [5.74, 6) is 1.23. The van der Waals surface area contributed by atoms with Crippen LogP contribution < -0.4 is 11.1 Å². The molecule has 0 saturated carbocycles. The third-order valence-electron chi connectivity index (χ3n) is 5.74. The summed E-state index contributed by atoms with van der Waals surface area (Å²) in [6.45, 7) is 2.04. The molecule has 5 rings (SSSR count). The summed E-state index contributed by atoms with van der Waals surface area (Å²) in [7, 11) is 2.21. The Morgan fingerprint density at radius 1 is 0.963 bits per heavy atom. The molecule has 1 atom stereocenters. The Morgan fingerprint density at radius 2 is 1.81 bits per heavy atom. The molecule has 0 saturated heterocycles. The molecule has 0 amide bonds. The minimum absolute atomic E-state index is 0.405. The lowest BCUT2D eigenvalue weighted by molar-refractivity contribution is -0.506. The molecule has 0 spiro atoms. The number of hydrogen-bond acceptors (Lipinski definition) is 2. The van der Waals surface area contributed by atoms with Gasteiger partial charge in [0.2, 0.25) is 5.82 Å². The normalized spacial score (nSPS) is 19.7. The van der Waals surface area contributed by atoms with Crippen molar-refractivity contribution in [1.29, 1.82) is 0 Å². The number of nitrogens with zero attached hydrogens (tertiary/aromatic N) is 1. The van der Waals surface area contributed by atoms with Crippen molar-refractivity contribution in [2.75, 3.05) is 13.6 Å². The van der Waals surface area contributed by atoms with Crippen LogP contribution in [0.1, 0.15) is 28.2 Å². The molecule has 3 heteroatoms. The van der Waals surface area contributed by atoms with E-state index in [-0.39, 0.29) is 0 Å². The lowest BCUT2D eigenvalue weighted by Gasteiger charge is -2.33. The predicted molar refractivity (Wildman–Crippen MR) is 111 cm³/mol. The maximum absolute atomic E-state index is 5.91. The van der Waals surface area contributed by atoms with Gasteiger partial charge < -0.3 is 10.6 Å². The molecule has 0 fully saturated rings. The second kappa shape index (κ2) is 6.38. The number of nitrogens with two attached hydrogens (primary N) is 2. The number of likely N-dealkylation sites (N-methyl/N-ethyl adjacent to an activating group) is 1. The van der Waals surface area contributed by atoms with E-state index in [2.05, 4.69) is 84.0 Å². The highest BCUT2D eigenvalue weighted by Crippen LogP contribution is 2.35. The Kier molecular flexibility index (Phi) is 3.85. The molecule has 3 nitrogen and oxygen atoms in total. The van der Waals surface area contributed by atoms with Crippen LogP contribution in [0.2, 0.25) is 0 Å². The Labute approximate surface area is 159 Å². The average molecular weight is 354 g/mol. The summed E-state index contributed by atoms with van der Waals surface area (Å²) >= 11 is 0. The molecule has 3 aromatic rings. The van der Waals surface area contributed by atoms with Gasteiger partial charge in [-0.15, -0.1) is 0 Å². The largest absolute Gasteiger partial charge is 0.355 e. The molecular weight excluding hydrogens is 330 g/mol. The Balaban J connectivity index is 1.55. The van der Waals surface area contributed by atoms with Gasteiger partial charge in [-0.1, -0.05) is 48.5 Å². The van der Waals surface area contributed by atoms with Gasteiger partial charge in [0, 0.05) is 36.7 Å². The second-order valence-corrected chi connectivity index (χ2v) is 7.70. The number of fused-ring (bicyclic) bond motifs is 2. The van der Waals surface area contributed by atoms with E-state index in [0.717, 1.165) is 18.9 Å². The first-order valence-electron chi connectivity index (χ1n) is 9.50. The second-order valence-electron chi connectivity index (χ2n) is 7.70. The topological polar surface area (TPSA) is 45.9 Å². The molecule has 2 aliphatic rings.